The first-order valence-corrected chi connectivity index (χ1v) is 4.76. The van der Waals surface area contributed by atoms with E-state index in [1.165, 1.54) is 0 Å². The fraction of sp³-hybridized carbons (Fsp3) is 0.875. The average molecular weight is 279 g/mol. The first kappa shape index (κ1) is 16.4. The normalized spacial score (nSPS) is 22.5. The first-order chi connectivity index (χ1) is 7.41. The summed E-state index contributed by atoms with van der Waals surface area (Å²) in [4.78, 5) is 11.3. The van der Waals surface area contributed by atoms with Crippen molar-refractivity contribution >= 4 is 18.3 Å². The Hall–Kier alpha value is -0.570. The maximum Gasteiger partial charge on any atom is 0.416 e. The number of alkyl halides is 3. The molecule has 3 N–H and O–H groups in total. The maximum absolute atomic E-state index is 11.9. The zero-order valence-electron chi connectivity index (χ0n) is 8.79. The minimum Gasteiger partial charge on any atom is -0.382 e. The maximum atomic E-state index is 11.9. The van der Waals surface area contributed by atoms with Crippen molar-refractivity contribution in [3.8, 4) is 0 Å². The molecule has 0 radical (unpaired) electrons. The van der Waals surface area contributed by atoms with Crippen molar-refractivity contribution in [2.24, 2.45) is 0 Å². The smallest absolute Gasteiger partial charge is 0.382 e. The molecule has 2 atom stereocenters. The highest BCUT2D eigenvalue weighted by Crippen LogP contribution is 2.19. The van der Waals surface area contributed by atoms with Crippen LogP contribution in [0.3, 0.4) is 0 Å². The molecule has 9 heteroatoms. The fourth-order valence-corrected chi connectivity index (χ4v) is 1.16. The zero-order chi connectivity index (χ0) is 12.2. The van der Waals surface area contributed by atoms with Gasteiger partial charge in [-0.3, -0.25) is 4.79 Å². The summed E-state index contributed by atoms with van der Waals surface area (Å²) in [7, 11) is 0. The number of nitrogens with one attached hydrogen (secondary N) is 2. The van der Waals surface area contributed by atoms with Gasteiger partial charge in [0.15, 0.2) is 6.10 Å². The van der Waals surface area contributed by atoms with E-state index >= 15 is 0 Å². The highest BCUT2D eigenvalue weighted by molar-refractivity contribution is 5.85. The molecule has 5 nitrogen and oxygen atoms in total. The number of hydrogen-bond acceptors (Lipinski definition) is 4. The topological polar surface area (TPSA) is 70.6 Å². The lowest BCUT2D eigenvalue weighted by Gasteiger charge is -2.23. The largest absolute Gasteiger partial charge is 0.416 e. The van der Waals surface area contributed by atoms with Gasteiger partial charge in [0.2, 0.25) is 0 Å². The lowest BCUT2D eigenvalue weighted by molar-refractivity contribution is -0.202. The minimum absolute atomic E-state index is 0. The second-order valence-corrected chi connectivity index (χ2v) is 3.37. The van der Waals surface area contributed by atoms with Gasteiger partial charge in [0.1, 0.15) is 6.10 Å². The molecular formula is C8H14ClF3N2O3. The van der Waals surface area contributed by atoms with E-state index in [0.717, 1.165) is 0 Å². The molecule has 1 amide bonds. The number of halogens is 4. The molecule has 1 fully saturated rings. The summed E-state index contributed by atoms with van der Waals surface area (Å²) in [6, 6.07) is 0. The van der Waals surface area contributed by atoms with Crippen LogP contribution >= 0.6 is 12.4 Å². The third-order valence-electron chi connectivity index (χ3n) is 2.07. The SMILES string of the molecule is Cl.O=C(NCC(O)C(F)(F)F)C1CNCCO1. The molecule has 0 aliphatic carbocycles. The van der Waals surface area contributed by atoms with E-state index in [9.17, 15) is 18.0 Å². The van der Waals surface area contributed by atoms with E-state index in [1.54, 1.807) is 0 Å². The minimum atomic E-state index is -4.72. The van der Waals surface area contributed by atoms with Crippen molar-refractivity contribution in [3.63, 3.8) is 0 Å². The summed E-state index contributed by atoms with van der Waals surface area (Å²) in [5.74, 6) is -0.657. The van der Waals surface area contributed by atoms with Crippen LogP contribution in [0, 0.1) is 0 Å². The van der Waals surface area contributed by atoms with Crippen LogP contribution in [0.15, 0.2) is 0 Å². The van der Waals surface area contributed by atoms with Crippen LogP contribution < -0.4 is 10.6 Å². The Labute approximate surface area is 102 Å². The first-order valence-electron chi connectivity index (χ1n) is 4.76. The number of amides is 1. The van der Waals surface area contributed by atoms with Gasteiger partial charge in [0.25, 0.3) is 5.91 Å². The number of aliphatic hydroxyl groups excluding tert-OH is 1. The van der Waals surface area contributed by atoms with Gasteiger partial charge in [-0.1, -0.05) is 0 Å². The summed E-state index contributed by atoms with van der Waals surface area (Å²) >= 11 is 0. The van der Waals surface area contributed by atoms with Gasteiger partial charge in [-0.2, -0.15) is 13.2 Å². The summed E-state index contributed by atoms with van der Waals surface area (Å²) in [6.45, 7) is 0.338. The number of hydrogen-bond donors (Lipinski definition) is 3. The van der Waals surface area contributed by atoms with Gasteiger partial charge in [-0.25, -0.2) is 0 Å². The molecule has 1 aliphatic heterocycles. The molecule has 1 rings (SSSR count). The summed E-state index contributed by atoms with van der Waals surface area (Å²) in [5, 5.41) is 13.5. The highest BCUT2D eigenvalue weighted by atomic mass is 35.5. The van der Waals surface area contributed by atoms with E-state index in [1.807, 2.05) is 5.32 Å². The molecule has 1 saturated heterocycles. The van der Waals surface area contributed by atoms with Crippen molar-refractivity contribution in [2.45, 2.75) is 18.4 Å². The Bertz CT molecular complexity index is 247. The van der Waals surface area contributed by atoms with Gasteiger partial charge < -0.3 is 20.5 Å². The molecule has 1 aliphatic rings. The number of rotatable bonds is 3. The molecule has 0 bridgehead atoms. The molecule has 0 aromatic carbocycles. The molecular weight excluding hydrogens is 265 g/mol. The third kappa shape index (κ3) is 5.53. The summed E-state index contributed by atoms with van der Waals surface area (Å²) in [5.41, 5.74) is 0. The predicted octanol–water partition coefficient (Wildman–Crippen LogP) is -0.564. The number of aliphatic hydroxyl groups is 1. The summed E-state index contributed by atoms with van der Waals surface area (Å²) < 4.78 is 40.7. The Balaban J connectivity index is 0.00000256. The van der Waals surface area contributed by atoms with Gasteiger partial charge in [0, 0.05) is 13.1 Å². The van der Waals surface area contributed by atoms with Crippen LogP contribution in [0.1, 0.15) is 0 Å². The average Bonchev–Trinajstić information content (AvgIpc) is 2.25. The van der Waals surface area contributed by atoms with E-state index in [-0.39, 0.29) is 19.0 Å². The van der Waals surface area contributed by atoms with Crippen LogP contribution in [0.2, 0.25) is 0 Å². The molecule has 2 unspecified atom stereocenters. The van der Waals surface area contributed by atoms with Crippen molar-refractivity contribution in [1.29, 1.82) is 0 Å². The van der Waals surface area contributed by atoms with Crippen molar-refractivity contribution < 1.29 is 27.8 Å². The van der Waals surface area contributed by atoms with Gasteiger partial charge in [-0.05, 0) is 0 Å². The fourth-order valence-electron chi connectivity index (χ4n) is 1.16. The standard InChI is InChI=1S/C8H13F3N2O3.ClH/c9-8(10,11)6(14)4-13-7(15)5-3-12-1-2-16-5;/h5-6,12,14H,1-4H2,(H,13,15);1H. The molecule has 0 aromatic rings. The number of morpholine rings is 1. The van der Waals surface area contributed by atoms with E-state index in [2.05, 4.69) is 5.32 Å². The van der Waals surface area contributed by atoms with Crippen LogP contribution in [0.5, 0.6) is 0 Å². The van der Waals surface area contributed by atoms with E-state index in [0.29, 0.717) is 13.2 Å². The van der Waals surface area contributed by atoms with Crippen LogP contribution in [0.4, 0.5) is 13.2 Å². The molecule has 0 aromatic heterocycles. The second kappa shape index (κ2) is 7.00. The molecule has 0 saturated carbocycles. The quantitative estimate of drug-likeness (QED) is 0.647. The van der Waals surface area contributed by atoms with Crippen molar-refractivity contribution in [3.05, 3.63) is 0 Å². The molecule has 0 spiro atoms. The van der Waals surface area contributed by atoms with Gasteiger partial charge in [0.05, 0.1) is 13.2 Å². The third-order valence-corrected chi connectivity index (χ3v) is 2.07. The second-order valence-electron chi connectivity index (χ2n) is 3.37. The lowest BCUT2D eigenvalue weighted by Crippen LogP contribution is -2.50. The lowest BCUT2D eigenvalue weighted by atomic mass is 10.2. The summed E-state index contributed by atoms with van der Waals surface area (Å²) in [6.07, 6.45) is -8.07. The monoisotopic (exact) mass is 278 g/mol. The Morgan fingerprint density at radius 2 is 2.24 bits per heavy atom. The number of carbonyl (C=O) groups is 1. The highest BCUT2D eigenvalue weighted by Gasteiger charge is 2.38. The number of carbonyl (C=O) groups excluding carboxylic acids is 1. The van der Waals surface area contributed by atoms with Gasteiger partial charge >= 0.3 is 6.18 Å². The Morgan fingerprint density at radius 1 is 1.59 bits per heavy atom. The zero-order valence-corrected chi connectivity index (χ0v) is 9.61. The Kier molecular flexibility index (Phi) is 6.76. The molecule has 102 valence electrons. The van der Waals surface area contributed by atoms with E-state index < -0.39 is 30.8 Å². The van der Waals surface area contributed by atoms with E-state index in [4.69, 9.17) is 9.84 Å². The molecule has 1 heterocycles. The number of ether oxygens (including phenoxy) is 1. The predicted molar refractivity (Wildman–Crippen MR) is 54.9 cm³/mol. The Morgan fingerprint density at radius 3 is 2.71 bits per heavy atom. The van der Waals surface area contributed by atoms with Gasteiger partial charge in [-0.15, -0.1) is 12.4 Å². The van der Waals surface area contributed by atoms with Crippen molar-refractivity contribution in [2.75, 3.05) is 26.2 Å². The molecule has 17 heavy (non-hydrogen) atoms. The van der Waals surface area contributed by atoms with Crippen molar-refractivity contribution in [1.82, 2.24) is 10.6 Å². The van der Waals surface area contributed by atoms with Crippen LogP contribution in [-0.2, 0) is 9.53 Å². The van der Waals surface area contributed by atoms with Crippen LogP contribution in [0.25, 0.3) is 0 Å². The van der Waals surface area contributed by atoms with Crippen LogP contribution in [-0.4, -0.2) is 55.6 Å².